The summed E-state index contributed by atoms with van der Waals surface area (Å²) in [6.07, 6.45) is 3.51. The molecule has 0 spiro atoms. The summed E-state index contributed by atoms with van der Waals surface area (Å²) in [5, 5.41) is 5.20. The summed E-state index contributed by atoms with van der Waals surface area (Å²) >= 11 is 1.52. The van der Waals surface area contributed by atoms with Gasteiger partial charge in [0.1, 0.15) is 11.6 Å². The lowest BCUT2D eigenvalue weighted by Gasteiger charge is -2.24. The maximum atomic E-state index is 12.3. The average molecular weight is 294 g/mol. The molecule has 3 rings (SSSR count). The van der Waals surface area contributed by atoms with Crippen LogP contribution in [0, 0.1) is 0 Å². The number of nitrogens with zero attached hydrogens (tertiary/aromatic N) is 3. The number of thiazole rings is 1. The molecule has 2 aliphatic rings. The second-order valence-electron chi connectivity index (χ2n) is 4.75. The van der Waals surface area contributed by atoms with Crippen LogP contribution < -0.4 is 5.32 Å². The van der Waals surface area contributed by atoms with Crippen molar-refractivity contribution >= 4 is 29.2 Å². The van der Waals surface area contributed by atoms with Crippen molar-refractivity contribution in [3.63, 3.8) is 0 Å². The Morgan fingerprint density at radius 1 is 1.50 bits per heavy atom. The average Bonchev–Trinajstić information content (AvgIpc) is 3.13. The molecule has 3 heterocycles. The molecule has 8 heteroatoms. The van der Waals surface area contributed by atoms with Crippen LogP contribution in [0.5, 0.6) is 0 Å². The summed E-state index contributed by atoms with van der Waals surface area (Å²) in [6.45, 7) is 0.432. The van der Waals surface area contributed by atoms with Crippen LogP contribution in [-0.2, 0) is 9.59 Å². The van der Waals surface area contributed by atoms with Gasteiger partial charge < -0.3 is 10.2 Å². The van der Waals surface area contributed by atoms with Crippen LogP contribution in [0.15, 0.2) is 11.6 Å². The molecule has 106 valence electrons. The van der Waals surface area contributed by atoms with Gasteiger partial charge in [0.25, 0.3) is 5.91 Å². The summed E-state index contributed by atoms with van der Waals surface area (Å²) in [6, 6.07) is -0.517. The Morgan fingerprint density at radius 3 is 3.00 bits per heavy atom. The zero-order chi connectivity index (χ0) is 14.1. The Labute approximate surface area is 119 Å². The highest BCUT2D eigenvalue weighted by molar-refractivity contribution is 7.09. The van der Waals surface area contributed by atoms with Crippen molar-refractivity contribution in [2.24, 2.45) is 0 Å². The van der Waals surface area contributed by atoms with E-state index in [0.717, 1.165) is 22.7 Å². The first-order valence-electron chi connectivity index (χ1n) is 6.44. The fourth-order valence-electron chi connectivity index (χ4n) is 2.56. The molecular formula is C12H14N4O3S. The predicted octanol–water partition coefficient (Wildman–Crippen LogP) is 0.358. The van der Waals surface area contributed by atoms with E-state index in [1.165, 1.54) is 11.3 Å². The topological polar surface area (TPSA) is 82.6 Å². The minimum Gasteiger partial charge on any atom is -0.332 e. The van der Waals surface area contributed by atoms with Gasteiger partial charge in [-0.2, -0.15) is 0 Å². The van der Waals surface area contributed by atoms with Gasteiger partial charge in [-0.25, -0.2) is 9.78 Å². The van der Waals surface area contributed by atoms with Crippen LogP contribution in [0.3, 0.4) is 0 Å². The normalized spacial score (nSPS) is 22.5. The summed E-state index contributed by atoms with van der Waals surface area (Å²) < 4.78 is 0. The first-order valence-corrected chi connectivity index (χ1v) is 7.32. The number of carbonyl (C=O) groups excluding carboxylic acids is 3. The highest BCUT2D eigenvalue weighted by atomic mass is 32.1. The first-order chi connectivity index (χ1) is 9.66. The molecule has 1 N–H and O–H groups in total. The molecule has 1 unspecified atom stereocenters. The highest BCUT2D eigenvalue weighted by Crippen LogP contribution is 2.33. The fourth-order valence-corrected chi connectivity index (χ4v) is 3.35. The molecule has 1 atom stereocenters. The van der Waals surface area contributed by atoms with Crippen molar-refractivity contribution in [2.45, 2.75) is 18.9 Å². The zero-order valence-corrected chi connectivity index (χ0v) is 11.6. The number of likely N-dealkylation sites (tertiary alicyclic amines) is 1. The van der Waals surface area contributed by atoms with Gasteiger partial charge in [-0.15, -0.1) is 11.3 Å². The summed E-state index contributed by atoms with van der Waals surface area (Å²) in [5.74, 6) is -0.554. The van der Waals surface area contributed by atoms with Gasteiger partial charge in [-0.1, -0.05) is 0 Å². The van der Waals surface area contributed by atoms with E-state index >= 15 is 0 Å². The van der Waals surface area contributed by atoms with Gasteiger partial charge in [-0.05, 0) is 12.8 Å². The monoisotopic (exact) mass is 294 g/mol. The fraction of sp³-hybridized carbons (Fsp3) is 0.500. The van der Waals surface area contributed by atoms with Crippen molar-refractivity contribution in [3.05, 3.63) is 16.6 Å². The molecule has 0 aliphatic carbocycles. The Balaban J connectivity index is 1.70. The molecule has 1 aromatic heterocycles. The molecule has 0 bridgehead atoms. The molecule has 7 nitrogen and oxygen atoms in total. The molecule has 2 fully saturated rings. The van der Waals surface area contributed by atoms with Crippen LogP contribution in [0.25, 0.3) is 0 Å². The van der Waals surface area contributed by atoms with Gasteiger partial charge in [-0.3, -0.25) is 14.5 Å². The van der Waals surface area contributed by atoms with Crippen molar-refractivity contribution in [2.75, 3.05) is 19.6 Å². The molecule has 1 aromatic rings. The SMILES string of the molecule is O=C1CNC(=O)N1CC(=O)N1CCCC1c1nccs1. The third-order valence-electron chi connectivity index (χ3n) is 3.54. The highest BCUT2D eigenvalue weighted by Gasteiger charge is 2.36. The molecule has 4 amide bonds. The number of carbonyl (C=O) groups is 3. The minimum absolute atomic E-state index is 0.0248. The molecule has 0 aromatic carbocycles. The Kier molecular flexibility index (Phi) is 3.39. The van der Waals surface area contributed by atoms with Gasteiger partial charge in [0.05, 0.1) is 12.6 Å². The quantitative estimate of drug-likeness (QED) is 0.816. The Hall–Kier alpha value is -1.96. The zero-order valence-electron chi connectivity index (χ0n) is 10.7. The third-order valence-corrected chi connectivity index (χ3v) is 4.42. The number of aromatic nitrogens is 1. The van der Waals surface area contributed by atoms with E-state index in [2.05, 4.69) is 10.3 Å². The summed E-state index contributed by atoms with van der Waals surface area (Å²) in [5.41, 5.74) is 0. The van der Waals surface area contributed by atoms with Crippen LogP contribution >= 0.6 is 11.3 Å². The number of urea groups is 1. The number of rotatable bonds is 3. The lowest BCUT2D eigenvalue weighted by Crippen LogP contribution is -2.42. The number of hydrogen-bond donors (Lipinski definition) is 1. The smallest absolute Gasteiger partial charge is 0.325 e. The maximum absolute atomic E-state index is 12.3. The Bertz CT molecular complexity index is 529. The standard InChI is InChI=1S/C12H14N4O3S/c17-9-6-14-12(19)16(9)7-10(18)15-4-1-2-8(15)11-13-3-5-20-11/h3,5,8H,1-2,4,6-7H2,(H,14,19). The van der Waals surface area contributed by atoms with E-state index in [-0.39, 0.29) is 30.9 Å². The van der Waals surface area contributed by atoms with E-state index < -0.39 is 6.03 Å². The minimum atomic E-state index is -0.492. The van der Waals surface area contributed by atoms with E-state index in [9.17, 15) is 14.4 Å². The first kappa shape index (κ1) is 13.0. The van der Waals surface area contributed by atoms with Crippen molar-refractivity contribution < 1.29 is 14.4 Å². The number of amides is 4. The van der Waals surface area contributed by atoms with Crippen LogP contribution in [0.4, 0.5) is 4.79 Å². The summed E-state index contributed by atoms with van der Waals surface area (Å²) in [7, 11) is 0. The largest absolute Gasteiger partial charge is 0.332 e. The van der Waals surface area contributed by atoms with E-state index in [1.54, 1.807) is 11.1 Å². The molecular weight excluding hydrogens is 280 g/mol. The number of hydrogen-bond acceptors (Lipinski definition) is 5. The molecule has 0 saturated carbocycles. The Morgan fingerprint density at radius 2 is 2.35 bits per heavy atom. The predicted molar refractivity (Wildman–Crippen MR) is 70.9 cm³/mol. The van der Waals surface area contributed by atoms with E-state index in [4.69, 9.17) is 0 Å². The second kappa shape index (κ2) is 5.20. The van der Waals surface area contributed by atoms with Crippen molar-refractivity contribution in [1.82, 2.24) is 20.1 Å². The van der Waals surface area contributed by atoms with Crippen LogP contribution in [0.1, 0.15) is 23.9 Å². The van der Waals surface area contributed by atoms with E-state index in [0.29, 0.717) is 6.54 Å². The molecule has 20 heavy (non-hydrogen) atoms. The maximum Gasteiger partial charge on any atom is 0.325 e. The van der Waals surface area contributed by atoms with Crippen molar-refractivity contribution in [1.29, 1.82) is 0 Å². The van der Waals surface area contributed by atoms with Crippen LogP contribution in [-0.4, -0.2) is 52.3 Å². The lowest BCUT2D eigenvalue weighted by atomic mass is 10.2. The molecule has 2 saturated heterocycles. The van der Waals surface area contributed by atoms with Gasteiger partial charge in [0, 0.05) is 18.1 Å². The third kappa shape index (κ3) is 2.26. The summed E-state index contributed by atoms with van der Waals surface area (Å²) in [4.78, 5) is 42.2. The van der Waals surface area contributed by atoms with Gasteiger partial charge in [0.2, 0.25) is 5.91 Å². The number of nitrogens with one attached hydrogen (secondary N) is 1. The van der Waals surface area contributed by atoms with Gasteiger partial charge >= 0.3 is 6.03 Å². The van der Waals surface area contributed by atoms with E-state index in [1.807, 2.05) is 5.38 Å². The second-order valence-corrected chi connectivity index (χ2v) is 5.68. The van der Waals surface area contributed by atoms with Crippen LogP contribution in [0.2, 0.25) is 0 Å². The van der Waals surface area contributed by atoms with Crippen molar-refractivity contribution in [3.8, 4) is 0 Å². The van der Waals surface area contributed by atoms with Gasteiger partial charge in [0.15, 0.2) is 0 Å². The molecule has 0 radical (unpaired) electrons. The molecule has 2 aliphatic heterocycles. The number of imide groups is 1. The lowest BCUT2D eigenvalue weighted by molar-refractivity contribution is -0.137.